The average Bonchev–Trinajstić information content (AvgIpc) is 3.32. The largest absolute Gasteiger partial charge is 0.348 e. The number of nitrogens with zero attached hydrogens (tertiary/aromatic N) is 3. The van der Waals surface area contributed by atoms with Crippen molar-refractivity contribution in [1.82, 2.24) is 20.1 Å². The molecule has 3 rings (SSSR count). The highest BCUT2D eigenvalue weighted by atomic mass is 16.1. The number of rotatable bonds is 6. The van der Waals surface area contributed by atoms with E-state index < -0.39 is 0 Å². The van der Waals surface area contributed by atoms with Gasteiger partial charge in [0.2, 0.25) is 0 Å². The Hall–Kier alpha value is -2.17. The molecule has 2 aromatic heterocycles. The van der Waals surface area contributed by atoms with Crippen LogP contribution in [0, 0.1) is 0 Å². The van der Waals surface area contributed by atoms with Crippen molar-refractivity contribution in [2.75, 3.05) is 0 Å². The molecule has 0 saturated heterocycles. The molecular weight excluding hydrogens is 276 g/mol. The topological polar surface area (TPSA) is 59.8 Å². The normalized spacial score (nSPS) is 14.1. The van der Waals surface area contributed by atoms with Gasteiger partial charge < -0.3 is 5.32 Å². The molecule has 0 unspecified atom stereocenters. The van der Waals surface area contributed by atoms with Crippen molar-refractivity contribution >= 4 is 5.91 Å². The minimum Gasteiger partial charge on any atom is -0.348 e. The fourth-order valence-electron chi connectivity index (χ4n) is 2.77. The van der Waals surface area contributed by atoms with Crippen molar-refractivity contribution in [3.63, 3.8) is 0 Å². The van der Waals surface area contributed by atoms with Crippen molar-refractivity contribution in [1.29, 1.82) is 0 Å². The Balaban J connectivity index is 1.81. The molecule has 1 saturated carbocycles. The molecule has 116 valence electrons. The molecule has 0 aliphatic heterocycles. The van der Waals surface area contributed by atoms with Gasteiger partial charge in [0.1, 0.15) is 0 Å². The van der Waals surface area contributed by atoms with Crippen LogP contribution in [0.3, 0.4) is 0 Å². The van der Waals surface area contributed by atoms with Crippen LogP contribution >= 0.6 is 0 Å². The van der Waals surface area contributed by atoms with Crippen LogP contribution < -0.4 is 5.32 Å². The summed E-state index contributed by atoms with van der Waals surface area (Å²) in [7, 11) is 1.94. The molecule has 2 aromatic rings. The summed E-state index contributed by atoms with van der Waals surface area (Å²) in [6.07, 6.45) is 7.69. The van der Waals surface area contributed by atoms with Crippen molar-refractivity contribution in [2.24, 2.45) is 7.05 Å². The number of pyridine rings is 1. The third-order valence-corrected chi connectivity index (χ3v) is 4.05. The number of carbonyl (C=O) groups is 1. The van der Waals surface area contributed by atoms with Gasteiger partial charge in [-0.3, -0.25) is 14.5 Å². The number of carbonyl (C=O) groups excluding carboxylic acids is 1. The Bertz CT molecular complexity index is 659. The van der Waals surface area contributed by atoms with Gasteiger partial charge in [-0.25, -0.2) is 0 Å². The number of hydrogen-bond donors (Lipinski definition) is 1. The molecule has 0 bridgehead atoms. The van der Waals surface area contributed by atoms with Crippen LogP contribution in [0.15, 0.2) is 24.5 Å². The maximum Gasteiger partial charge on any atom is 0.255 e. The summed E-state index contributed by atoms with van der Waals surface area (Å²) in [5.41, 5.74) is 3.84. The first-order valence-corrected chi connectivity index (χ1v) is 7.93. The highest BCUT2D eigenvalue weighted by molar-refractivity contribution is 5.96. The molecule has 2 heterocycles. The van der Waals surface area contributed by atoms with Crippen LogP contribution in [0.4, 0.5) is 0 Å². The average molecular weight is 298 g/mol. The first-order valence-electron chi connectivity index (χ1n) is 7.93. The molecule has 1 aliphatic carbocycles. The van der Waals surface area contributed by atoms with Gasteiger partial charge in [0.05, 0.1) is 17.0 Å². The van der Waals surface area contributed by atoms with Crippen molar-refractivity contribution in [3.8, 4) is 0 Å². The Kier molecular flexibility index (Phi) is 4.22. The second-order valence-electron chi connectivity index (χ2n) is 5.90. The molecule has 22 heavy (non-hydrogen) atoms. The quantitative estimate of drug-likeness (QED) is 0.891. The number of nitrogens with one attached hydrogen (secondary N) is 1. The molecular formula is C17H22N4O. The monoisotopic (exact) mass is 298 g/mol. The third kappa shape index (κ3) is 3.03. The number of hydrogen-bond acceptors (Lipinski definition) is 3. The molecule has 0 aromatic carbocycles. The number of aryl methyl sites for hydroxylation is 1. The van der Waals surface area contributed by atoms with Crippen LogP contribution in [-0.4, -0.2) is 20.7 Å². The number of amides is 1. The van der Waals surface area contributed by atoms with E-state index in [9.17, 15) is 4.79 Å². The highest BCUT2D eigenvalue weighted by Crippen LogP contribution is 2.41. The van der Waals surface area contributed by atoms with Crippen LogP contribution in [-0.2, 0) is 20.0 Å². The molecule has 1 fully saturated rings. The van der Waals surface area contributed by atoms with E-state index in [-0.39, 0.29) is 5.91 Å². The second-order valence-corrected chi connectivity index (χ2v) is 5.90. The summed E-state index contributed by atoms with van der Waals surface area (Å²) in [5, 5.41) is 7.63. The van der Waals surface area contributed by atoms with Gasteiger partial charge in [0, 0.05) is 31.9 Å². The lowest BCUT2D eigenvalue weighted by atomic mass is 10.1. The van der Waals surface area contributed by atoms with E-state index >= 15 is 0 Å². The van der Waals surface area contributed by atoms with E-state index in [1.54, 1.807) is 12.4 Å². The molecule has 0 atom stereocenters. The Morgan fingerprint density at radius 1 is 1.45 bits per heavy atom. The van der Waals surface area contributed by atoms with Crippen LogP contribution in [0.2, 0.25) is 0 Å². The van der Waals surface area contributed by atoms with Gasteiger partial charge >= 0.3 is 0 Å². The smallest absolute Gasteiger partial charge is 0.255 e. The maximum absolute atomic E-state index is 12.7. The summed E-state index contributed by atoms with van der Waals surface area (Å²) < 4.78 is 1.89. The fraction of sp³-hybridized carbons (Fsp3) is 0.471. The molecule has 5 heteroatoms. The minimum absolute atomic E-state index is 0.0118. The predicted molar refractivity (Wildman–Crippen MR) is 84.6 cm³/mol. The lowest BCUT2D eigenvalue weighted by Gasteiger charge is -2.08. The van der Waals surface area contributed by atoms with Gasteiger partial charge in [-0.05, 0) is 30.9 Å². The summed E-state index contributed by atoms with van der Waals surface area (Å²) in [5.74, 6) is 0.457. The van der Waals surface area contributed by atoms with E-state index in [0.717, 1.165) is 48.2 Å². The maximum atomic E-state index is 12.7. The first-order chi connectivity index (χ1) is 10.7. The van der Waals surface area contributed by atoms with Crippen LogP contribution in [0.25, 0.3) is 0 Å². The van der Waals surface area contributed by atoms with Gasteiger partial charge in [0.25, 0.3) is 5.91 Å². The van der Waals surface area contributed by atoms with Gasteiger partial charge in [-0.2, -0.15) is 5.10 Å². The Labute approximate surface area is 130 Å². The van der Waals surface area contributed by atoms with E-state index in [4.69, 9.17) is 0 Å². The number of aromatic nitrogens is 3. The van der Waals surface area contributed by atoms with Gasteiger partial charge in [-0.1, -0.05) is 19.4 Å². The Morgan fingerprint density at radius 2 is 2.27 bits per heavy atom. The van der Waals surface area contributed by atoms with Gasteiger partial charge in [-0.15, -0.1) is 0 Å². The zero-order valence-electron chi connectivity index (χ0n) is 13.2. The van der Waals surface area contributed by atoms with Crippen molar-refractivity contribution < 1.29 is 4.79 Å². The Morgan fingerprint density at radius 3 is 2.91 bits per heavy atom. The van der Waals surface area contributed by atoms with E-state index in [1.807, 2.05) is 23.9 Å². The molecule has 1 aliphatic rings. The predicted octanol–water partition coefficient (Wildman–Crippen LogP) is 2.58. The van der Waals surface area contributed by atoms with E-state index in [2.05, 4.69) is 22.3 Å². The SMILES string of the molecule is CCCc1c(C(=O)NCc2cccnc2)c(C2CC2)nn1C. The minimum atomic E-state index is -0.0118. The van der Waals surface area contributed by atoms with E-state index in [0.29, 0.717) is 12.5 Å². The van der Waals surface area contributed by atoms with Crippen molar-refractivity contribution in [2.45, 2.75) is 45.1 Å². The van der Waals surface area contributed by atoms with Gasteiger partial charge in [0.15, 0.2) is 0 Å². The summed E-state index contributed by atoms with van der Waals surface area (Å²) in [6.45, 7) is 2.62. The molecule has 0 spiro atoms. The van der Waals surface area contributed by atoms with Crippen LogP contribution in [0.5, 0.6) is 0 Å². The molecule has 1 amide bonds. The zero-order valence-corrected chi connectivity index (χ0v) is 13.2. The van der Waals surface area contributed by atoms with Crippen LogP contribution in [0.1, 0.15) is 59.4 Å². The standard InChI is InChI=1S/C17H22N4O/c1-3-5-14-15(16(13-7-8-13)20-21(14)2)17(22)19-11-12-6-4-9-18-10-12/h4,6,9-10,13H,3,5,7-8,11H2,1-2H3,(H,19,22). The lowest BCUT2D eigenvalue weighted by molar-refractivity contribution is 0.0949. The lowest BCUT2D eigenvalue weighted by Crippen LogP contribution is -2.25. The summed E-state index contributed by atoms with van der Waals surface area (Å²) >= 11 is 0. The summed E-state index contributed by atoms with van der Waals surface area (Å²) in [4.78, 5) is 16.8. The third-order valence-electron chi connectivity index (χ3n) is 4.05. The first kappa shape index (κ1) is 14.8. The second kappa shape index (κ2) is 6.30. The molecule has 5 nitrogen and oxygen atoms in total. The zero-order chi connectivity index (χ0) is 15.5. The highest BCUT2D eigenvalue weighted by Gasteiger charge is 2.33. The molecule has 1 N–H and O–H groups in total. The molecule has 0 radical (unpaired) electrons. The van der Waals surface area contributed by atoms with Crippen molar-refractivity contribution in [3.05, 3.63) is 47.0 Å². The fourth-order valence-corrected chi connectivity index (χ4v) is 2.77. The summed E-state index contributed by atoms with van der Waals surface area (Å²) in [6, 6.07) is 3.84. The van der Waals surface area contributed by atoms with E-state index in [1.165, 1.54) is 0 Å².